The predicted octanol–water partition coefficient (Wildman–Crippen LogP) is 3.89. The van der Waals surface area contributed by atoms with Crippen LogP contribution < -0.4 is 5.32 Å². The predicted molar refractivity (Wildman–Crippen MR) is 75.5 cm³/mol. The fraction of sp³-hybridized carbons (Fsp3) is 0.267. The van der Waals surface area contributed by atoms with Gasteiger partial charge in [-0.15, -0.1) is 0 Å². The van der Waals surface area contributed by atoms with Gasteiger partial charge in [-0.1, -0.05) is 24.3 Å². The van der Waals surface area contributed by atoms with Gasteiger partial charge in [-0.25, -0.2) is 4.79 Å². The molecular formula is C15H17NO3. The van der Waals surface area contributed by atoms with Crippen LogP contribution >= 0.6 is 0 Å². The Kier molecular flexibility index (Phi) is 3.34. The van der Waals surface area contributed by atoms with Gasteiger partial charge < -0.3 is 9.84 Å². The van der Waals surface area contributed by atoms with Crippen LogP contribution in [-0.4, -0.2) is 16.8 Å². The SMILES string of the molecule is CC(C)(C)OC(=O)Nc1cccc2cccc(O)c12. The normalized spacial score (nSPS) is 11.3. The van der Waals surface area contributed by atoms with Crippen LogP contribution in [0.1, 0.15) is 20.8 Å². The monoisotopic (exact) mass is 259 g/mol. The summed E-state index contributed by atoms with van der Waals surface area (Å²) in [5.41, 5.74) is -0.0265. The van der Waals surface area contributed by atoms with Crippen LogP contribution in [0.3, 0.4) is 0 Å². The largest absolute Gasteiger partial charge is 0.507 e. The highest BCUT2D eigenvalue weighted by Crippen LogP contribution is 2.31. The average molecular weight is 259 g/mol. The van der Waals surface area contributed by atoms with Crippen molar-refractivity contribution < 1.29 is 14.6 Å². The molecule has 19 heavy (non-hydrogen) atoms. The molecule has 0 heterocycles. The quantitative estimate of drug-likeness (QED) is 0.816. The summed E-state index contributed by atoms with van der Waals surface area (Å²) in [6.45, 7) is 5.40. The molecule has 0 atom stereocenters. The van der Waals surface area contributed by atoms with Gasteiger partial charge in [0.1, 0.15) is 11.4 Å². The zero-order valence-electron chi connectivity index (χ0n) is 11.2. The number of benzene rings is 2. The number of phenols is 1. The lowest BCUT2D eigenvalue weighted by atomic mass is 10.1. The summed E-state index contributed by atoms with van der Waals surface area (Å²) in [4.78, 5) is 11.8. The maximum absolute atomic E-state index is 11.8. The van der Waals surface area contributed by atoms with Gasteiger partial charge in [-0.05, 0) is 38.3 Å². The zero-order valence-corrected chi connectivity index (χ0v) is 11.2. The maximum atomic E-state index is 11.8. The number of carbonyl (C=O) groups excluding carboxylic acids is 1. The number of carbonyl (C=O) groups is 1. The minimum atomic E-state index is -0.559. The van der Waals surface area contributed by atoms with Crippen LogP contribution in [-0.2, 0) is 4.74 Å². The van der Waals surface area contributed by atoms with E-state index in [1.807, 2.05) is 18.2 Å². The van der Waals surface area contributed by atoms with Gasteiger partial charge in [0, 0.05) is 5.39 Å². The molecule has 2 rings (SSSR count). The number of rotatable bonds is 1. The third kappa shape index (κ3) is 3.16. The minimum Gasteiger partial charge on any atom is -0.507 e. The number of phenolic OH excluding ortho intramolecular Hbond substituents is 1. The summed E-state index contributed by atoms with van der Waals surface area (Å²) < 4.78 is 5.20. The first-order valence-electron chi connectivity index (χ1n) is 6.07. The van der Waals surface area contributed by atoms with Crippen LogP contribution in [0.4, 0.5) is 10.5 Å². The average Bonchev–Trinajstić information content (AvgIpc) is 2.26. The number of nitrogens with one attached hydrogen (secondary N) is 1. The summed E-state index contributed by atoms with van der Waals surface area (Å²) in [6, 6.07) is 10.6. The zero-order chi connectivity index (χ0) is 14.0. The van der Waals surface area contributed by atoms with E-state index in [4.69, 9.17) is 4.74 Å². The van der Waals surface area contributed by atoms with Crippen molar-refractivity contribution in [3.05, 3.63) is 36.4 Å². The lowest BCUT2D eigenvalue weighted by molar-refractivity contribution is 0.0636. The van der Waals surface area contributed by atoms with E-state index in [1.165, 1.54) is 0 Å². The number of ether oxygens (including phenoxy) is 1. The molecule has 0 aliphatic heterocycles. The molecular weight excluding hydrogens is 242 g/mol. The second kappa shape index (κ2) is 4.80. The van der Waals surface area contributed by atoms with E-state index >= 15 is 0 Å². The third-order valence-corrected chi connectivity index (χ3v) is 2.52. The Hall–Kier alpha value is -2.23. The standard InChI is InChI=1S/C15H17NO3/c1-15(2,3)19-14(18)16-11-8-4-6-10-7-5-9-12(17)13(10)11/h4-9,17H,1-3H3,(H,16,18). The van der Waals surface area contributed by atoms with E-state index in [-0.39, 0.29) is 5.75 Å². The smallest absolute Gasteiger partial charge is 0.412 e. The molecule has 0 radical (unpaired) electrons. The number of amides is 1. The first-order chi connectivity index (χ1) is 8.87. The highest BCUT2D eigenvalue weighted by Gasteiger charge is 2.17. The van der Waals surface area contributed by atoms with Gasteiger partial charge in [0.2, 0.25) is 0 Å². The molecule has 0 aliphatic rings. The Morgan fingerprint density at radius 3 is 2.42 bits per heavy atom. The molecule has 0 saturated heterocycles. The molecule has 0 aliphatic carbocycles. The van der Waals surface area contributed by atoms with E-state index in [0.717, 1.165) is 5.39 Å². The van der Waals surface area contributed by atoms with Gasteiger partial charge in [0.05, 0.1) is 5.69 Å². The van der Waals surface area contributed by atoms with E-state index in [0.29, 0.717) is 11.1 Å². The first kappa shape index (κ1) is 13.2. The highest BCUT2D eigenvalue weighted by atomic mass is 16.6. The first-order valence-corrected chi connectivity index (χ1v) is 6.07. The maximum Gasteiger partial charge on any atom is 0.412 e. The summed E-state index contributed by atoms with van der Waals surface area (Å²) in [5, 5.41) is 14.0. The third-order valence-electron chi connectivity index (χ3n) is 2.52. The Labute approximate surface area is 112 Å². The van der Waals surface area contributed by atoms with Crippen molar-refractivity contribution in [2.75, 3.05) is 5.32 Å². The minimum absolute atomic E-state index is 0.129. The number of fused-ring (bicyclic) bond motifs is 1. The fourth-order valence-corrected chi connectivity index (χ4v) is 1.84. The van der Waals surface area contributed by atoms with Gasteiger partial charge in [-0.2, -0.15) is 0 Å². The molecule has 0 spiro atoms. The molecule has 0 saturated carbocycles. The fourth-order valence-electron chi connectivity index (χ4n) is 1.84. The molecule has 100 valence electrons. The van der Waals surface area contributed by atoms with Gasteiger partial charge in [0.15, 0.2) is 0 Å². The summed E-state index contributed by atoms with van der Waals surface area (Å²) in [7, 11) is 0. The van der Waals surface area contributed by atoms with Gasteiger partial charge >= 0.3 is 6.09 Å². The van der Waals surface area contributed by atoms with Crippen molar-refractivity contribution in [1.29, 1.82) is 0 Å². The molecule has 0 aromatic heterocycles. The van der Waals surface area contributed by atoms with Crippen LogP contribution in [0, 0.1) is 0 Å². The van der Waals surface area contributed by atoms with Crippen molar-refractivity contribution in [3.63, 3.8) is 0 Å². The van der Waals surface area contributed by atoms with Crippen LogP contribution in [0.2, 0.25) is 0 Å². The molecule has 2 N–H and O–H groups in total. The van der Waals surface area contributed by atoms with Crippen molar-refractivity contribution in [1.82, 2.24) is 0 Å². The highest BCUT2D eigenvalue weighted by molar-refractivity contribution is 6.03. The summed E-state index contributed by atoms with van der Waals surface area (Å²) >= 11 is 0. The Morgan fingerprint density at radius 1 is 1.16 bits per heavy atom. The molecule has 2 aromatic rings. The lowest BCUT2D eigenvalue weighted by Gasteiger charge is -2.20. The number of hydrogen-bond donors (Lipinski definition) is 2. The number of aromatic hydroxyl groups is 1. The molecule has 4 heteroatoms. The van der Waals surface area contributed by atoms with E-state index < -0.39 is 11.7 Å². The Morgan fingerprint density at radius 2 is 1.79 bits per heavy atom. The summed E-state index contributed by atoms with van der Waals surface area (Å²) in [5.74, 6) is 0.129. The topological polar surface area (TPSA) is 58.6 Å². The van der Waals surface area contributed by atoms with Crippen LogP contribution in [0.25, 0.3) is 10.8 Å². The van der Waals surface area contributed by atoms with Crippen LogP contribution in [0.15, 0.2) is 36.4 Å². The Balaban J connectivity index is 2.33. The van der Waals surface area contributed by atoms with Crippen molar-refractivity contribution in [3.8, 4) is 5.75 Å². The van der Waals surface area contributed by atoms with E-state index in [2.05, 4.69) is 5.32 Å². The molecule has 2 aromatic carbocycles. The van der Waals surface area contributed by atoms with E-state index in [1.54, 1.807) is 39.0 Å². The van der Waals surface area contributed by atoms with Gasteiger partial charge in [0.25, 0.3) is 0 Å². The van der Waals surface area contributed by atoms with Crippen molar-refractivity contribution in [2.24, 2.45) is 0 Å². The van der Waals surface area contributed by atoms with Crippen molar-refractivity contribution >= 4 is 22.6 Å². The lowest BCUT2D eigenvalue weighted by Crippen LogP contribution is -2.27. The Bertz CT molecular complexity index is 609. The van der Waals surface area contributed by atoms with Crippen molar-refractivity contribution in [2.45, 2.75) is 26.4 Å². The summed E-state index contributed by atoms with van der Waals surface area (Å²) in [6.07, 6.45) is -0.539. The number of anilines is 1. The van der Waals surface area contributed by atoms with E-state index in [9.17, 15) is 9.90 Å². The molecule has 0 unspecified atom stereocenters. The second-order valence-electron chi connectivity index (χ2n) is 5.31. The van der Waals surface area contributed by atoms with Gasteiger partial charge in [-0.3, -0.25) is 5.32 Å². The molecule has 0 fully saturated rings. The van der Waals surface area contributed by atoms with Crippen LogP contribution in [0.5, 0.6) is 5.75 Å². The molecule has 1 amide bonds. The molecule has 4 nitrogen and oxygen atoms in total. The second-order valence-corrected chi connectivity index (χ2v) is 5.31. The number of hydrogen-bond acceptors (Lipinski definition) is 3. The molecule has 0 bridgehead atoms.